The summed E-state index contributed by atoms with van der Waals surface area (Å²) in [5, 5.41) is 3.53. The van der Waals surface area contributed by atoms with Crippen molar-refractivity contribution in [3.8, 4) is 0 Å². The van der Waals surface area contributed by atoms with Gasteiger partial charge in [-0.15, -0.1) is 0 Å². The molecule has 1 aromatic carbocycles. The summed E-state index contributed by atoms with van der Waals surface area (Å²) in [5.74, 6) is 0.835. The Kier molecular flexibility index (Phi) is 4.50. The number of nitrogens with one attached hydrogen (secondary N) is 1. The molecule has 1 aliphatic carbocycles. The summed E-state index contributed by atoms with van der Waals surface area (Å²) in [6.45, 7) is 2.26. The topological polar surface area (TPSA) is 46.2 Å². The third-order valence-corrected chi connectivity index (χ3v) is 5.14. The zero-order valence-corrected chi connectivity index (χ0v) is 12.5. The maximum atomic E-state index is 11.4. The number of hydrogen-bond acceptors (Lipinski definition) is 3. The molecule has 1 aromatic rings. The molecule has 1 fully saturated rings. The Bertz CT molecular complexity index is 507. The lowest BCUT2D eigenvalue weighted by atomic mass is 9.84. The third kappa shape index (κ3) is 3.96. The zero-order valence-electron chi connectivity index (χ0n) is 11.7. The van der Waals surface area contributed by atoms with Crippen LogP contribution in [-0.4, -0.2) is 20.7 Å². The van der Waals surface area contributed by atoms with Crippen LogP contribution in [0.2, 0.25) is 0 Å². The first-order chi connectivity index (χ1) is 8.99. The molecule has 0 aromatic heterocycles. The Morgan fingerprint density at radius 2 is 1.89 bits per heavy atom. The van der Waals surface area contributed by atoms with Crippen LogP contribution < -0.4 is 5.32 Å². The van der Waals surface area contributed by atoms with E-state index >= 15 is 0 Å². The molecule has 0 aliphatic heterocycles. The maximum absolute atomic E-state index is 11.4. The van der Waals surface area contributed by atoms with Gasteiger partial charge in [0.2, 0.25) is 0 Å². The van der Waals surface area contributed by atoms with Crippen molar-refractivity contribution in [3.63, 3.8) is 0 Å². The minimum Gasteiger partial charge on any atom is -0.382 e. The normalized spacial score (nSPS) is 24.1. The van der Waals surface area contributed by atoms with Crippen LogP contribution in [0.15, 0.2) is 29.2 Å². The van der Waals surface area contributed by atoms with Crippen molar-refractivity contribution in [1.82, 2.24) is 0 Å². The summed E-state index contributed by atoms with van der Waals surface area (Å²) in [4.78, 5) is 0.383. The van der Waals surface area contributed by atoms with Crippen molar-refractivity contribution >= 4 is 15.5 Å². The van der Waals surface area contributed by atoms with Crippen molar-refractivity contribution in [2.75, 3.05) is 11.6 Å². The van der Waals surface area contributed by atoms with E-state index in [4.69, 9.17) is 0 Å². The van der Waals surface area contributed by atoms with E-state index in [9.17, 15) is 8.42 Å². The van der Waals surface area contributed by atoms with Crippen LogP contribution in [-0.2, 0) is 9.84 Å². The van der Waals surface area contributed by atoms with Gasteiger partial charge in [0, 0.05) is 18.0 Å². The van der Waals surface area contributed by atoms with Gasteiger partial charge in [0.1, 0.15) is 0 Å². The van der Waals surface area contributed by atoms with E-state index in [0.29, 0.717) is 10.9 Å². The molecule has 2 rings (SSSR count). The van der Waals surface area contributed by atoms with Crippen LogP contribution in [0.1, 0.15) is 39.0 Å². The van der Waals surface area contributed by atoms with Crippen LogP contribution in [0.4, 0.5) is 5.69 Å². The highest BCUT2D eigenvalue weighted by atomic mass is 32.2. The molecule has 0 saturated heterocycles. The first-order valence-corrected chi connectivity index (χ1v) is 8.95. The van der Waals surface area contributed by atoms with Gasteiger partial charge in [0.05, 0.1) is 4.90 Å². The summed E-state index contributed by atoms with van der Waals surface area (Å²) < 4.78 is 22.8. The fourth-order valence-corrected chi connectivity index (χ4v) is 3.46. The molecule has 0 heterocycles. The largest absolute Gasteiger partial charge is 0.382 e. The van der Waals surface area contributed by atoms with Crippen molar-refractivity contribution in [2.24, 2.45) is 5.92 Å². The molecule has 1 aliphatic rings. The van der Waals surface area contributed by atoms with E-state index in [1.165, 1.54) is 38.4 Å². The molecule has 2 unspecified atom stereocenters. The van der Waals surface area contributed by atoms with Crippen molar-refractivity contribution in [1.29, 1.82) is 0 Å². The number of hydrogen-bond donors (Lipinski definition) is 1. The molecule has 1 saturated carbocycles. The average molecular weight is 281 g/mol. The summed E-state index contributed by atoms with van der Waals surface area (Å²) in [6.07, 6.45) is 7.57. The van der Waals surface area contributed by atoms with E-state index in [1.807, 2.05) is 12.1 Å². The van der Waals surface area contributed by atoms with Gasteiger partial charge in [-0.25, -0.2) is 8.42 Å². The Hall–Kier alpha value is -1.03. The maximum Gasteiger partial charge on any atom is 0.175 e. The lowest BCUT2D eigenvalue weighted by Gasteiger charge is -2.29. The third-order valence-electron chi connectivity index (χ3n) is 4.01. The van der Waals surface area contributed by atoms with Gasteiger partial charge in [-0.05, 0) is 43.0 Å². The molecular weight excluding hydrogens is 258 g/mol. The van der Waals surface area contributed by atoms with Crippen molar-refractivity contribution in [3.05, 3.63) is 24.3 Å². The first kappa shape index (κ1) is 14.4. The molecule has 2 atom stereocenters. The summed E-state index contributed by atoms with van der Waals surface area (Å²) >= 11 is 0. The molecule has 0 spiro atoms. The summed E-state index contributed by atoms with van der Waals surface area (Å²) in [6, 6.07) is 7.62. The molecule has 106 valence electrons. The number of rotatable bonds is 4. The standard InChI is InChI=1S/C15H23NO2S/c1-3-12-5-4-6-14(11-12)16-13-7-9-15(10-8-13)19(2,17)18/h7-10,12,14,16H,3-6,11H2,1-2H3. The quantitative estimate of drug-likeness (QED) is 0.919. The molecule has 4 heteroatoms. The van der Waals surface area contributed by atoms with Gasteiger partial charge in [-0.2, -0.15) is 0 Å². The van der Waals surface area contributed by atoms with Crippen LogP contribution in [0, 0.1) is 5.92 Å². The minimum absolute atomic E-state index is 0.383. The number of benzene rings is 1. The molecule has 1 N–H and O–H groups in total. The average Bonchev–Trinajstić information content (AvgIpc) is 2.38. The second kappa shape index (κ2) is 5.95. The predicted molar refractivity (Wildman–Crippen MR) is 79.2 cm³/mol. The molecule has 3 nitrogen and oxygen atoms in total. The fourth-order valence-electron chi connectivity index (χ4n) is 2.83. The smallest absolute Gasteiger partial charge is 0.175 e. The zero-order chi connectivity index (χ0) is 13.9. The van der Waals surface area contributed by atoms with Crippen molar-refractivity contribution < 1.29 is 8.42 Å². The minimum atomic E-state index is -3.09. The highest BCUT2D eigenvalue weighted by molar-refractivity contribution is 7.90. The lowest BCUT2D eigenvalue weighted by molar-refractivity contribution is 0.327. The van der Waals surface area contributed by atoms with E-state index < -0.39 is 9.84 Å². The summed E-state index contributed by atoms with van der Waals surface area (Å²) in [7, 11) is -3.09. The van der Waals surface area contributed by atoms with Gasteiger partial charge in [0.25, 0.3) is 0 Å². The van der Waals surface area contributed by atoms with Gasteiger partial charge < -0.3 is 5.32 Å². The van der Waals surface area contributed by atoms with E-state index in [-0.39, 0.29) is 0 Å². The highest BCUT2D eigenvalue weighted by Crippen LogP contribution is 2.28. The molecular formula is C15H23NO2S. The number of anilines is 1. The number of sulfone groups is 1. The Morgan fingerprint density at radius 3 is 2.47 bits per heavy atom. The Morgan fingerprint density at radius 1 is 1.21 bits per heavy atom. The monoisotopic (exact) mass is 281 g/mol. The Labute approximate surface area is 116 Å². The van der Waals surface area contributed by atoms with Crippen molar-refractivity contribution in [2.45, 2.75) is 50.0 Å². The van der Waals surface area contributed by atoms with E-state index in [2.05, 4.69) is 12.2 Å². The van der Waals surface area contributed by atoms with Gasteiger partial charge >= 0.3 is 0 Å². The predicted octanol–water partition coefficient (Wildman–Crippen LogP) is 3.47. The first-order valence-electron chi connectivity index (χ1n) is 7.05. The lowest BCUT2D eigenvalue weighted by Crippen LogP contribution is -2.27. The molecule has 0 radical (unpaired) electrons. The van der Waals surface area contributed by atoms with Gasteiger partial charge in [-0.1, -0.05) is 26.2 Å². The SMILES string of the molecule is CCC1CCCC(Nc2ccc(S(C)(=O)=O)cc2)C1. The molecule has 0 amide bonds. The van der Waals surface area contributed by atoms with E-state index in [1.54, 1.807) is 12.1 Å². The van der Waals surface area contributed by atoms with Crippen LogP contribution in [0.3, 0.4) is 0 Å². The second-order valence-corrected chi connectivity index (χ2v) is 7.59. The summed E-state index contributed by atoms with van der Waals surface area (Å²) in [5.41, 5.74) is 1.02. The van der Waals surface area contributed by atoms with Crippen LogP contribution in [0.25, 0.3) is 0 Å². The second-order valence-electron chi connectivity index (χ2n) is 5.58. The Balaban J connectivity index is 2.00. The molecule has 19 heavy (non-hydrogen) atoms. The van der Waals surface area contributed by atoms with Crippen LogP contribution >= 0.6 is 0 Å². The van der Waals surface area contributed by atoms with Gasteiger partial charge in [0.15, 0.2) is 9.84 Å². The van der Waals surface area contributed by atoms with Crippen LogP contribution in [0.5, 0.6) is 0 Å². The van der Waals surface area contributed by atoms with E-state index in [0.717, 1.165) is 11.6 Å². The molecule has 0 bridgehead atoms. The van der Waals surface area contributed by atoms with Gasteiger partial charge in [-0.3, -0.25) is 0 Å². The highest BCUT2D eigenvalue weighted by Gasteiger charge is 2.20. The fraction of sp³-hybridized carbons (Fsp3) is 0.600.